The fourth-order valence-corrected chi connectivity index (χ4v) is 2.76. The van der Waals surface area contributed by atoms with Gasteiger partial charge in [0.25, 0.3) is 5.91 Å². The summed E-state index contributed by atoms with van der Waals surface area (Å²) in [6, 6.07) is 10.9. The Morgan fingerprint density at radius 2 is 1.79 bits per heavy atom. The monoisotopic (exact) mass is 385 g/mol. The van der Waals surface area contributed by atoms with Gasteiger partial charge in [-0.2, -0.15) is 0 Å². The zero-order valence-corrected chi connectivity index (χ0v) is 17.1. The first kappa shape index (κ1) is 21.3. The maximum atomic E-state index is 12.3. The van der Waals surface area contributed by atoms with Gasteiger partial charge in [0.15, 0.2) is 18.1 Å². The Morgan fingerprint density at radius 1 is 1.04 bits per heavy atom. The molecular weight excluding hydrogens is 358 g/mol. The number of amides is 1. The molecule has 2 aromatic carbocycles. The number of aryl methyl sites for hydroxylation is 2. The molecule has 0 aliphatic rings. The highest BCUT2D eigenvalue weighted by Crippen LogP contribution is 2.28. The van der Waals surface area contributed by atoms with E-state index in [0.717, 1.165) is 11.1 Å². The van der Waals surface area contributed by atoms with E-state index in [1.807, 2.05) is 32.9 Å². The zero-order chi connectivity index (χ0) is 20.7. The molecule has 0 saturated carbocycles. The molecule has 0 N–H and O–H groups in total. The standard InChI is InChI=1S/C22H27NO5/c1-6-27-19-10-9-17(12-20(19)26-5)22(25)28-14-21(24)23(4)13-18-8-7-15(2)11-16(18)3/h7-12H,6,13-14H2,1-5H3. The molecule has 0 aliphatic heterocycles. The van der Waals surface area contributed by atoms with Crippen LogP contribution < -0.4 is 9.47 Å². The number of carbonyl (C=O) groups is 2. The van der Waals surface area contributed by atoms with Crippen LogP contribution in [0.2, 0.25) is 0 Å². The summed E-state index contributed by atoms with van der Waals surface area (Å²) in [5, 5.41) is 0. The summed E-state index contributed by atoms with van der Waals surface area (Å²) in [6.45, 7) is 6.53. The van der Waals surface area contributed by atoms with Crippen molar-refractivity contribution in [3.63, 3.8) is 0 Å². The summed E-state index contributed by atoms with van der Waals surface area (Å²) in [5.41, 5.74) is 3.65. The van der Waals surface area contributed by atoms with E-state index < -0.39 is 5.97 Å². The summed E-state index contributed by atoms with van der Waals surface area (Å²) in [6.07, 6.45) is 0. The van der Waals surface area contributed by atoms with Gasteiger partial charge in [0, 0.05) is 13.6 Å². The molecule has 6 nitrogen and oxygen atoms in total. The number of methoxy groups -OCH3 is 1. The minimum Gasteiger partial charge on any atom is -0.493 e. The van der Waals surface area contributed by atoms with Crippen LogP contribution in [-0.4, -0.2) is 44.1 Å². The Kier molecular flexibility index (Phi) is 7.44. The molecule has 0 atom stereocenters. The fraction of sp³-hybridized carbons (Fsp3) is 0.364. The topological polar surface area (TPSA) is 65.1 Å². The fourth-order valence-electron chi connectivity index (χ4n) is 2.76. The van der Waals surface area contributed by atoms with Gasteiger partial charge in [0.05, 0.1) is 19.3 Å². The molecule has 0 radical (unpaired) electrons. The Balaban J connectivity index is 1.95. The minimum absolute atomic E-state index is 0.272. The second kappa shape index (κ2) is 9.78. The highest BCUT2D eigenvalue weighted by molar-refractivity contribution is 5.92. The molecule has 6 heteroatoms. The molecule has 1 amide bonds. The predicted molar refractivity (Wildman–Crippen MR) is 107 cm³/mol. The number of hydrogen-bond donors (Lipinski definition) is 0. The van der Waals surface area contributed by atoms with Crippen molar-refractivity contribution >= 4 is 11.9 Å². The van der Waals surface area contributed by atoms with E-state index in [0.29, 0.717) is 30.2 Å². The first-order valence-corrected chi connectivity index (χ1v) is 9.13. The van der Waals surface area contributed by atoms with Gasteiger partial charge in [-0.25, -0.2) is 4.79 Å². The third-order valence-electron chi connectivity index (χ3n) is 4.36. The van der Waals surface area contributed by atoms with E-state index in [-0.39, 0.29) is 12.5 Å². The van der Waals surface area contributed by atoms with E-state index in [1.165, 1.54) is 18.7 Å². The number of benzene rings is 2. The molecular formula is C22H27NO5. The third kappa shape index (κ3) is 5.49. The van der Waals surface area contributed by atoms with Crippen LogP contribution in [-0.2, 0) is 16.1 Å². The lowest BCUT2D eigenvalue weighted by atomic mass is 10.1. The summed E-state index contributed by atoms with van der Waals surface area (Å²) in [4.78, 5) is 26.1. The number of rotatable bonds is 8. The Hall–Kier alpha value is -3.02. The van der Waals surface area contributed by atoms with Crippen LogP contribution >= 0.6 is 0 Å². The van der Waals surface area contributed by atoms with Crippen LogP contribution in [0, 0.1) is 13.8 Å². The first-order valence-electron chi connectivity index (χ1n) is 9.13. The largest absolute Gasteiger partial charge is 0.493 e. The molecule has 150 valence electrons. The number of nitrogens with zero attached hydrogens (tertiary/aromatic N) is 1. The van der Waals surface area contributed by atoms with E-state index in [2.05, 4.69) is 6.07 Å². The molecule has 0 bridgehead atoms. The van der Waals surface area contributed by atoms with Crippen molar-refractivity contribution in [1.29, 1.82) is 0 Å². The van der Waals surface area contributed by atoms with Crippen LogP contribution in [0.1, 0.15) is 34.0 Å². The molecule has 0 aliphatic carbocycles. The molecule has 0 spiro atoms. The molecule has 0 saturated heterocycles. The number of hydrogen-bond acceptors (Lipinski definition) is 5. The number of carbonyl (C=O) groups excluding carboxylic acids is 2. The number of ether oxygens (including phenoxy) is 3. The molecule has 0 unspecified atom stereocenters. The summed E-state index contributed by atoms with van der Waals surface area (Å²) in [7, 11) is 3.19. The van der Waals surface area contributed by atoms with Crippen molar-refractivity contribution in [3.05, 3.63) is 58.7 Å². The van der Waals surface area contributed by atoms with Gasteiger partial charge in [-0.1, -0.05) is 23.8 Å². The highest BCUT2D eigenvalue weighted by Gasteiger charge is 2.16. The maximum absolute atomic E-state index is 12.3. The average Bonchev–Trinajstić information content (AvgIpc) is 2.68. The second-order valence-corrected chi connectivity index (χ2v) is 6.55. The average molecular weight is 385 g/mol. The van der Waals surface area contributed by atoms with E-state index >= 15 is 0 Å². The normalized spacial score (nSPS) is 10.3. The van der Waals surface area contributed by atoms with Gasteiger partial charge in [-0.05, 0) is 50.1 Å². The molecule has 28 heavy (non-hydrogen) atoms. The maximum Gasteiger partial charge on any atom is 0.338 e. The van der Waals surface area contributed by atoms with Crippen molar-refractivity contribution in [2.45, 2.75) is 27.3 Å². The van der Waals surface area contributed by atoms with E-state index in [1.54, 1.807) is 24.1 Å². The molecule has 2 aromatic rings. The molecule has 0 fully saturated rings. The van der Waals surface area contributed by atoms with Gasteiger partial charge in [0.2, 0.25) is 0 Å². The number of esters is 1. The summed E-state index contributed by atoms with van der Waals surface area (Å²) < 4.78 is 15.8. The molecule has 0 aromatic heterocycles. The first-order chi connectivity index (χ1) is 13.3. The van der Waals surface area contributed by atoms with Gasteiger partial charge >= 0.3 is 5.97 Å². The van der Waals surface area contributed by atoms with Crippen LogP contribution in [0.15, 0.2) is 36.4 Å². The third-order valence-corrected chi connectivity index (χ3v) is 4.36. The van der Waals surface area contributed by atoms with Crippen molar-refractivity contribution in [3.8, 4) is 11.5 Å². The second-order valence-electron chi connectivity index (χ2n) is 6.55. The van der Waals surface area contributed by atoms with E-state index in [9.17, 15) is 9.59 Å². The van der Waals surface area contributed by atoms with Crippen molar-refractivity contribution in [2.75, 3.05) is 27.4 Å². The number of likely N-dealkylation sites (N-methyl/N-ethyl adjacent to an activating group) is 1. The van der Waals surface area contributed by atoms with Crippen LogP contribution in [0.5, 0.6) is 11.5 Å². The Bertz CT molecular complexity index is 847. The van der Waals surface area contributed by atoms with Crippen LogP contribution in [0.3, 0.4) is 0 Å². The van der Waals surface area contributed by atoms with Crippen molar-refractivity contribution < 1.29 is 23.8 Å². The van der Waals surface area contributed by atoms with Gasteiger partial charge in [-0.15, -0.1) is 0 Å². The SMILES string of the molecule is CCOc1ccc(C(=O)OCC(=O)N(C)Cc2ccc(C)cc2C)cc1OC. The molecule has 0 heterocycles. The van der Waals surface area contributed by atoms with Gasteiger partial charge in [0.1, 0.15) is 0 Å². The Labute approximate surface area is 166 Å². The van der Waals surface area contributed by atoms with Crippen molar-refractivity contribution in [2.24, 2.45) is 0 Å². The van der Waals surface area contributed by atoms with E-state index in [4.69, 9.17) is 14.2 Å². The van der Waals surface area contributed by atoms with Crippen LogP contribution in [0.4, 0.5) is 0 Å². The van der Waals surface area contributed by atoms with Crippen molar-refractivity contribution in [1.82, 2.24) is 4.90 Å². The quantitative estimate of drug-likeness (QED) is 0.651. The lowest BCUT2D eigenvalue weighted by Crippen LogP contribution is -2.31. The predicted octanol–water partition coefficient (Wildman–Crippen LogP) is 3.53. The van der Waals surface area contributed by atoms with Gasteiger partial charge in [-0.3, -0.25) is 4.79 Å². The minimum atomic E-state index is -0.588. The lowest BCUT2D eigenvalue weighted by molar-refractivity contribution is -0.133. The summed E-state index contributed by atoms with van der Waals surface area (Å²) in [5.74, 6) is 0.126. The smallest absolute Gasteiger partial charge is 0.338 e. The van der Waals surface area contributed by atoms with Gasteiger partial charge < -0.3 is 19.1 Å². The molecule has 2 rings (SSSR count). The summed E-state index contributed by atoms with van der Waals surface area (Å²) >= 11 is 0. The Morgan fingerprint density at radius 3 is 2.43 bits per heavy atom. The van der Waals surface area contributed by atoms with Crippen LogP contribution in [0.25, 0.3) is 0 Å². The highest BCUT2D eigenvalue weighted by atomic mass is 16.5. The lowest BCUT2D eigenvalue weighted by Gasteiger charge is -2.19. The zero-order valence-electron chi connectivity index (χ0n) is 17.1.